The fourth-order valence-electron chi connectivity index (χ4n) is 3.36. The molecule has 3 aromatic rings. The minimum Gasteiger partial charge on any atom is -0.420 e. The van der Waals surface area contributed by atoms with Gasteiger partial charge in [-0.25, -0.2) is 22.5 Å². The van der Waals surface area contributed by atoms with Crippen LogP contribution in [0.5, 0.6) is 5.75 Å². The quantitative estimate of drug-likeness (QED) is 0.259. The Morgan fingerprint density at radius 3 is 2.48 bits per heavy atom. The van der Waals surface area contributed by atoms with Gasteiger partial charge in [0.1, 0.15) is 11.6 Å². The second kappa shape index (κ2) is 8.45. The van der Waals surface area contributed by atoms with Crippen molar-refractivity contribution in [2.45, 2.75) is 22.8 Å². The third-order valence-corrected chi connectivity index (χ3v) is 7.57. The van der Waals surface area contributed by atoms with Gasteiger partial charge in [-0.3, -0.25) is 0 Å². The molecule has 0 spiro atoms. The molecule has 6 nitrogen and oxygen atoms in total. The van der Waals surface area contributed by atoms with Crippen LogP contribution in [0.3, 0.4) is 0 Å². The lowest BCUT2D eigenvalue weighted by Crippen LogP contribution is -2.30. The van der Waals surface area contributed by atoms with Crippen LogP contribution in [0.25, 0.3) is 11.1 Å². The Bertz CT molecular complexity index is 1330. The summed E-state index contributed by atoms with van der Waals surface area (Å²) < 4.78 is 69.4. The predicted molar refractivity (Wildman–Crippen MR) is 119 cm³/mol. The molecule has 33 heavy (non-hydrogen) atoms. The van der Waals surface area contributed by atoms with E-state index in [0.717, 1.165) is 5.56 Å². The molecule has 1 unspecified atom stereocenters. The standard InChI is InChI=1S/C22H16BrF3N2O4S/c1-13-5-7-17(8-6-13)33(30,31)28-12-19(23)18-10-15(11-27-20(18)28)14-3-2-4-16(9-14)32-21(29)22(24,25)26/h2-11,19H,12H2,1H3. The number of anilines is 1. The van der Waals surface area contributed by atoms with Crippen LogP contribution in [0.1, 0.15) is 16.0 Å². The summed E-state index contributed by atoms with van der Waals surface area (Å²) in [5, 5.41) is 0. The monoisotopic (exact) mass is 540 g/mol. The Kier molecular flexibility index (Phi) is 5.95. The van der Waals surface area contributed by atoms with Gasteiger partial charge < -0.3 is 4.74 Å². The number of aryl methyl sites for hydroxylation is 1. The van der Waals surface area contributed by atoms with Gasteiger partial charge in [0, 0.05) is 17.3 Å². The van der Waals surface area contributed by atoms with Crippen molar-refractivity contribution in [3.63, 3.8) is 0 Å². The van der Waals surface area contributed by atoms with Crippen LogP contribution in [0.15, 0.2) is 65.7 Å². The Morgan fingerprint density at radius 1 is 1.12 bits per heavy atom. The number of esters is 1. The first kappa shape index (κ1) is 23.2. The van der Waals surface area contributed by atoms with Crippen molar-refractivity contribution >= 4 is 37.7 Å². The van der Waals surface area contributed by atoms with Crippen molar-refractivity contribution in [3.8, 4) is 16.9 Å². The highest BCUT2D eigenvalue weighted by Gasteiger charge is 2.41. The number of benzene rings is 2. The average Bonchev–Trinajstić information content (AvgIpc) is 3.10. The van der Waals surface area contributed by atoms with E-state index in [1.807, 2.05) is 6.92 Å². The summed E-state index contributed by atoms with van der Waals surface area (Å²) in [6.07, 6.45) is -3.69. The molecule has 0 bridgehead atoms. The van der Waals surface area contributed by atoms with E-state index in [4.69, 9.17) is 0 Å². The molecule has 2 aromatic carbocycles. The summed E-state index contributed by atoms with van der Waals surface area (Å²) in [5.41, 5.74) is 2.52. The minimum atomic E-state index is -5.11. The highest BCUT2D eigenvalue weighted by molar-refractivity contribution is 9.09. The van der Waals surface area contributed by atoms with Gasteiger partial charge >= 0.3 is 12.1 Å². The van der Waals surface area contributed by atoms with Gasteiger partial charge in [-0.1, -0.05) is 45.8 Å². The van der Waals surface area contributed by atoms with Crippen LogP contribution >= 0.6 is 15.9 Å². The second-order valence-electron chi connectivity index (χ2n) is 7.37. The number of halogens is 4. The maximum Gasteiger partial charge on any atom is 0.491 e. The number of ether oxygens (including phenoxy) is 1. The van der Waals surface area contributed by atoms with Gasteiger partial charge in [-0.15, -0.1) is 0 Å². The molecule has 1 aliphatic rings. The highest BCUT2D eigenvalue weighted by Crippen LogP contribution is 2.43. The van der Waals surface area contributed by atoms with Gasteiger partial charge in [-0.2, -0.15) is 13.2 Å². The maximum absolute atomic E-state index is 13.2. The van der Waals surface area contributed by atoms with Crippen molar-refractivity contribution in [3.05, 3.63) is 71.9 Å². The van der Waals surface area contributed by atoms with Crippen molar-refractivity contribution < 1.29 is 31.1 Å². The maximum atomic E-state index is 13.2. The second-order valence-corrected chi connectivity index (χ2v) is 10.3. The number of sulfonamides is 1. The van der Waals surface area contributed by atoms with E-state index in [0.29, 0.717) is 16.7 Å². The molecule has 2 heterocycles. The zero-order valence-corrected chi connectivity index (χ0v) is 19.4. The first-order valence-electron chi connectivity index (χ1n) is 9.59. The minimum absolute atomic E-state index is 0.130. The van der Waals surface area contributed by atoms with Crippen molar-refractivity contribution in [2.75, 3.05) is 10.8 Å². The first-order chi connectivity index (χ1) is 15.5. The van der Waals surface area contributed by atoms with Crippen molar-refractivity contribution in [1.82, 2.24) is 4.98 Å². The molecule has 1 aromatic heterocycles. The molecule has 0 fully saturated rings. The molecule has 0 amide bonds. The predicted octanol–water partition coefficient (Wildman–Crippen LogP) is 5.17. The Hall–Kier alpha value is -2.92. The van der Waals surface area contributed by atoms with E-state index in [2.05, 4.69) is 25.7 Å². The van der Waals surface area contributed by atoms with Crippen LogP contribution in [0.2, 0.25) is 0 Å². The molecule has 0 N–H and O–H groups in total. The lowest BCUT2D eigenvalue weighted by molar-refractivity contribution is -0.189. The number of pyridine rings is 1. The van der Waals surface area contributed by atoms with Crippen LogP contribution in [0, 0.1) is 6.92 Å². The summed E-state index contributed by atoms with van der Waals surface area (Å²) >= 11 is 3.49. The molecular weight excluding hydrogens is 525 g/mol. The van der Waals surface area contributed by atoms with E-state index >= 15 is 0 Å². The first-order valence-corrected chi connectivity index (χ1v) is 12.0. The third kappa shape index (κ3) is 4.60. The third-order valence-electron chi connectivity index (χ3n) is 5.01. The summed E-state index contributed by atoms with van der Waals surface area (Å²) in [4.78, 5) is 15.3. The molecule has 172 valence electrons. The number of aromatic nitrogens is 1. The van der Waals surface area contributed by atoms with E-state index in [1.165, 1.54) is 40.8 Å². The summed E-state index contributed by atoms with van der Waals surface area (Å²) in [7, 11) is -3.84. The summed E-state index contributed by atoms with van der Waals surface area (Å²) in [5.74, 6) is -2.32. The molecule has 11 heteroatoms. The fraction of sp³-hybridized carbons (Fsp3) is 0.182. The number of alkyl halides is 4. The number of fused-ring (bicyclic) bond motifs is 1. The normalized spacial score (nSPS) is 15.9. The van der Waals surface area contributed by atoms with Crippen LogP contribution in [0.4, 0.5) is 19.0 Å². The Labute approximate surface area is 196 Å². The lowest BCUT2D eigenvalue weighted by atomic mass is 10.0. The molecule has 0 aliphatic carbocycles. The van der Waals surface area contributed by atoms with Crippen LogP contribution in [-0.2, 0) is 14.8 Å². The molecule has 1 aliphatic heterocycles. The molecule has 4 rings (SSSR count). The smallest absolute Gasteiger partial charge is 0.420 e. The van der Waals surface area contributed by atoms with Crippen LogP contribution < -0.4 is 9.04 Å². The molecule has 0 radical (unpaired) electrons. The fourth-order valence-corrected chi connectivity index (χ4v) is 5.63. The van der Waals surface area contributed by atoms with E-state index in [1.54, 1.807) is 24.3 Å². The molecule has 1 atom stereocenters. The van der Waals surface area contributed by atoms with Crippen molar-refractivity contribution in [2.24, 2.45) is 0 Å². The summed E-state index contributed by atoms with van der Waals surface area (Å²) in [6.45, 7) is 1.99. The van der Waals surface area contributed by atoms with Gasteiger partial charge in [0.15, 0.2) is 0 Å². The number of hydrogen-bond acceptors (Lipinski definition) is 5. The lowest BCUT2D eigenvalue weighted by Gasteiger charge is -2.19. The molecule has 0 saturated carbocycles. The SMILES string of the molecule is Cc1ccc(S(=O)(=O)N2CC(Br)c3cc(-c4cccc(OC(=O)C(F)(F)F)c4)cnc32)cc1. The van der Waals surface area contributed by atoms with Crippen molar-refractivity contribution in [1.29, 1.82) is 0 Å². The number of nitrogens with zero attached hydrogens (tertiary/aromatic N) is 2. The number of carbonyl (C=O) groups is 1. The zero-order chi connectivity index (χ0) is 24.0. The Morgan fingerprint density at radius 2 is 1.82 bits per heavy atom. The van der Waals surface area contributed by atoms with Gasteiger partial charge in [0.05, 0.1) is 16.3 Å². The van der Waals surface area contributed by atoms with E-state index in [-0.39, 0.29) is 27.8 Å². The zero-order valence-electron chi connectivity index (χ0n) is 17.0. The largest absolute Gasteiger partial charge is 0.491 e. The number of rotatable bonds is 4. The highest BCUT2D eigenvalue weighted by atomic mass is 79.9. The van der Waals surface area contributed by atoms with Gasteiger partial charge in [0.25, 0.3) is 10.0 Å². The number of hydrogen-bond donors (Lipinski definition) is 0. The topological polar surface area (TPSA) is 76.6 Å². The molecular formula is C22H16BrF3N2O4S. The Balaban J connectivity index is 1.66. The van der Waals surface area contributed by atoms with E-state index in [9.17, 15) is 26.4 Å². The average molecular weight is 541 g/mol. The molecule has 0 saturated heterocycles. The van der Waals surface area contributed by atoms with Gasteiger partial charge in [-0.05, 0) is 42.8 Å². The van der Waals surface area contributed by atoms with E-state index < -0.39 is 22.2 Å². The van der Waals surface area contributed by atoms with Crippen LogP contribution in [-0.4, -0.2) is 32.1 Å². The van der Waals surface area contributed by atoms with Gasteiger partial charge in [0.2, 0.25) is 0 Å². The number of carbonyl (C=O) groups excluding carboxylic acids is 1. The summed E-state index contributed by atoms with van der Waals surface area (Å²) in [6, 6.07) is 13.8.